The van der Waals surface area contributed by atoms with Crippen molar-refractivity contribution in [2.24, 2.45) is 0 Å². The minimum Gasteiger partial charge on any atom is -0.322 e. The molecule has 0 fully saturated rings. The molecular weight excluding hydrogens is 384 g/mol. The van der Waals surface area contributed by atoms with Crippen molar-refractivity contribution < 1.29 is 18.4 Å². The largest absolute Gasteiger partial charge is 0.322 e. The van der Waals surface area contributed by atoms with E-state index in [9.17, 15) is 13.8 Å². The summed E-state index contributed by atoms with van der Waals surface area (Å²) in [5.74, 6) is -0.00542. The van der Waals surface area contributed by atoms with Gasteiger partial charge in [0.2, 0.25) is 5.91 Å². The Morgan fingerprint density at radius 1 is 1.32 bits per heavy atom. The molecule has 2 amide bonds. The molecule has 1 atom stereocenters. The Morgan fingerprint density at radius 2 is 2.08 bits per heavy atom. The Morgan fingerprint density at radius 3 is 2.76 bits per heavy atom. The van der Waals surface area contributed by atoms with Crippen molar-refractivity contribution in [2.45, 2.75) is 9.79 Å². The SMILES string of the molecule is CN1C(=O)CSc2ccc(C(=O)Nc3ccc(S(=O)O)c(Cl)c3)cc21. The van der Waals surface area contributed by atoms with Gasteiger partial charge in [-0.05, 0) is 36.4 Å². The van der Waals surface area contributed by atoms with Crippen LogP contribution in [0.4, 0.5) is 11.4 Å². The van der Waals surface area contributed by atoms with Crippen LogP contribution in [0.5, 0.6) is 0 Å². The third-order valence-electron chi connectivity index (χ3n) is 3.69. The summed E-state index contributed by atoms with van der Waals surface area (Å²) in [6, 6.07) is 9.44. The molecule has 0 bridgehead atoms. The maximum atomic E-state index is 12.4. The smallest absolute Gasteiger partial charge is 0.255 e. The number of nitrogens with zero attached hydrogens (tertiary/aromatic N) is 1. The van der Waals surface area contributed by atoms with Crippen molar-refractivity contribution in [3.05, 3.63) is 47.0 Å². The molecule has 0 aromatic heterocycles. The molecule has 1 aliphatic rings. The average Bonchev–Trinajstić information content (AvgIpc) is 2.57. The number of hydrogen-bond donors (Lipinski definition) is 2. The molecule has 0 spiro atoms. The van der Waals surface area contributed by atoms with E-state index >= 15 is 0 Å². The summed E-state index contributed by atoms with van der Waals surface area (Å²) in [6.45, 7) is 0. The monoisotopic (exact) mass is 396 g/mol. The number of carbonyl (C=O) groups excluding carboxylic acids is 2. The van der Waals surface area contributed by atoms with E-state index < -0.39 is 11.1 Å². The zero-order valence-electron chi connectivity index (χ0n) is 13.0. The molecule has 9 heteroatoms. The van der Waals surface area contributed by atoms with Gasteiger partial charge in [0.25, 0.3) is 5.91 Å². The lowest BCUT2D eigenvalue weighted by molar-refractivity contribution is -0.116. The van der Waals surface area contributed by atoms with Crippen molar-refractivity contribution in [1.82, 2.24) is 0 Å². The molecule has 0 saturated heterocycles. The number of benzene rings is 2. The fourth-order valence-corrected chi connectivity index (χ4v) is 4.11. The summed E-state index contributed by atoms with van der Waals surface area (Å²) in [5, 5.41) is 2.77. The molecule has 0 radical (unpaired) electrons. The minimum atomic E-state index is -2.19. The van der Waals surface area contributed by atoms with Gasteiger partial charge in [0, 0.05) is 23.2 Å². The molecule has 3 rings (SSSR count). The second kappa shape index (κ2) is 7.17. The summed E-state index contributed by atoms with van der Waals surface area (Å²) in [4.78, 5) is 26.8. The predicted octanol–water partition coefficient (Wildman–Crippen LogP) is 3.24. The number of halogens is 1. The van der Waals surface area contributed by atoms with Crippen molar-refractivity contribution in [3.8, 4) is 0 Å². The second-order valence-electron chi connectivity index (χ2n) is 5.27. The Bertz CT molecular complexity index is 904. The van der Waals surface area contributed by atoms with Gasteiger partial charge in [-0.3, -0.25) is 9.59 Å². The third kappa shape index (κ3) is 3.72. The van der Waals surface area contributed by atoms with Gasteiger partial charge in [-0.2, -0.15) is 0 Å². The summed E-state index contributed by atoms with van der Waals surface area (Å²) in [6.07, 6.45) is 0. The molecule has 2 aromatic carbocycles. The van der Waals surface area contributed by atoms with E-state index in [0.29, 0.717) is 22.7 Å². The Labute approximate surface area is 155 Å². The second-order valence-corrected chi connectivity index (χ2v) is 7.63. The minimum absolute atomic E-state index is 0.0190. The van der Waals surface area contributed by atoms with E-state index in [2.05, 4.69) is 5.32 Å². The van der Waals surface area contributed by atoms with Crippen molar-refractivity contribution in [1.29, 1.82) is 0 Å². The standard InChI is InChI=1S/C16H13ClN2O4S2/c1-19-12-6-9(2-4-13(12)24-8-15(19)20)16(21)18-10-3-5-14(25(22)23)11(17)7-10/h2-7H,8H2,1H3,(H,18,21)(H,22,23). The molecule has 25 heavy (non-hydrogen) atoms. The fourth-order valence-electron chi connectivity index (χ4n) is 2.34. The van der Waals surface area contributed by atoms with Crippen LogP contribution in [-0.4, -0.2) is 33.4 Å². The van der Waals surface area contributed by atoms with Crippen LogP contribution in [0, 0.1) is 0 Å². The third-order valence-corrected chi connectivity index (χ3v) is 5.89. The van der Waals surface area contributed by atoms with E-state index in [4.69, 9.17) is 16.2 Å². The number of amides is 2. The summed E-state index contributed by atoms with van der Waals surface area (Å²) < 4.78 is 20.2. The van der Waals surface area contributed by atoms with E-state index in [0.717, 1.165) is 4.90 Å². The fraction of sp³-hybridized carbons (Fsp3) is 0.125. The van der Waals surface area contributed by atoms with Crippen molar-refractivity contribution >= 4 is 57.6 Å². The van der Waals surface area contributed by atoms with Gasteiger partial charge in [0.05, 0.1) is 21.4 Å². The summed E-state index contributed by atoms with van der Waals surface area (Å²) in [5.41, 5.74) is 1.49. The molecule has 2 N–H and O–H groups in total. The molecule has 1 heterocycles. The van der Waals surface area contributed by atoms with Gasteiger partial charge in [0.15, 0.2) is 11.1 Å². The number of nitrogens with one attached hydrogen (secondary N) is 1. The van der Waals surface area contributed by atoms with Crippen LogP contribution in [0.3, 0.4) is 0 Å². The van der Waals surface area contributed by atoms with Gasteiger partial charge in [-0.25, -0.2) is 4.21 Å². The zero-order valence-corrected chi connectivity index (χ0v) is 15.4. The van der Waals surface area contributed by atoms with Gasteiger partial charge >= 0.3 is 0 Å². The number of hydrogen-bond acceptors (Lipinski definition) is 4. The van der Waals surface area contributed by atoms with E-state index in [1.54, 1.807) is 19.2 Å². The number of thioether (sulfide) groups is 1. The van der Waals surface area contributed by atoms with Crippen LogP contribution in [-0.2, 0) is 15.9 Å². The normalized spacial score (nSPS) is 14.8. The molecule has 2 aromatic rings. The molecule has 0 aliphatic carbocycles. The first kappa shape index (κ1) is 17.9. The van der Waals surface area contributed by atoms with E-state index in [1.165, 1.54) is 34.9 Å². The maximum Gasteiger partial charge on any atom is 0.255 e. The zero-order chi connectivity index (χ0) is 18.1. The van der Waals surface area contributed by atoms with Crippen LogP contribution >= 0.6 is 23.4 Å². The van der Waals surface area contributed by atoms with Crippen molar-refractivity contribution in [3.63, 3.8) is 0 Å². The Hall–Kier alpha value is -1.87. The first-order chi connectivity index (χ1) is 11.9. The summed E-state index contributed by atoms with van der Waals surface area (Å²) >= 11 is 5.18. The summed E-state index contributed by atoms with van der Waals surface area (Å²) in [7, 11) is 1.68. The predicted molar refractivity (Wildman–Crippen MR) is 99.0 cm³/mol. The lowest BCUT2D eigenvalue weighted by Crippen LogP contribution is -2.31. The molecular formula is C16H13ClN2O4S2. The number of carbonyl (C=O) groups is 2. The molecule has 0 saturated carbocycles. The van der Waals surface area contributed by atoms with Gasteiger partial charge in [0.1, 0.15) is 0 Å². The van der Waals surface area contributed by atoms with Crippen LogP contribution in [0.25, 0.3) is 0 Å². The average molecular weight is 397 g/mol. The maximum absolute atomic E-state index is 12.4. The Kier molecular flexibility index (Phi) is 5.14. The quantitative estimate of drug-likeness (QED) is 0.778. The van der Waals surface area contributed by atoms with Gasteiger partial charge in [-0.15, -0.1) is 11.8 Å². The molecule has 130 valence electrons. The number of fused-ring (bicyclic) bond motifs is 1. The van der Waals surface area contributed by atoms with Crippen LogP contribution in [0.1, 0.15) is 10.4 Å². The number of anilines is 2. The van der Waals surface area contributed by atoms with E-state index in [-0.39, 0.29) is 21.7 Å². The lowest BCUT2D eigenvalue weighted by atomic mass is 10.1. The Balaban J connectivity index is 1.84. The highest BCUT2D eigenvalue weighted by molar-refractivity contribution is 8.00. The highest BCUT2D eigenvalue weighted by Gasteiger charge is 2.22. The lowest BCUT2D eigenvalue weighted by Gasteiger charge is -2.25. The van der Waals surface area contributed by atoms with Crippen LogP contribution in [0.15, 0.2) is 46.2 Å². The first-order valence-corrected chi connectivity index (χ1v) is 9.59. The number of rotatable bonds is 3. The highest BCUT2D eigenvalue weighted by Crippen LogP contribution is 2.35. The van der Waals surface area contributed by atoms with Gasteiger partial charge in [-0.1, -0.05) is 11.6 Å². The van der Waals surface area contributed by atoms with Crippen molar-refractivity contribution in [2.75, 3.05) is 23.0 Å². The topological polar surface area (TPSA) is 86.7 Å². The molecule has 1 unspecified atom stereocenters. The highest BCUT2D eigenvalue weighted by atomic mass is 35.5. The molecule has 6 nitrogen and oxygen atoms in total. The molecule has 1 aliphatic heterocycles. The van der Waals surface area contributed by atoms with Crippen LogP contribution < -0.4 is 10.2 Å². The van der Waals surface area contributed by atoms with Gasteiger partial charge < -0.3 is 14.8 Å². The van der Waals surface area contributed by atoms with E-state index in [1.807, 2.05) is 6.07 Å². The van der Waals surface area contributed by atoms with Crippen LogP contribution in [0.2, 0.25) is 5.02 Å². The first-order valence-electron chi connectivity index (χ1n) is 7.12.